The van der Waals surface area contributed by atoms with Gasteiger partial charge in [0.1, 0.15) is 11.3 Å². The van der Waals surface area contributed by atoms with Gasteiger partial charge in [-0.3, -0.25) is 10.3 Å². The fourth-order valence-corrected chi connectivity index (χ4v) is 0.698. The Morgan fingerprint density at radius 3 is 2.60 bits per heavy atom. The molecule has 4 nitrogen and oxygen atoms in total. The van der Waals surface area contributed by atoms with Crippen molar-refractivity contribution in [2.45, 2.75) is 19.4 Å². The Labute approximate surface area is 58.4 Å². The molecule has 0 bridgehead atoms. The molecule has 0 aromatic rings. The van der Waals surface area contributed by atoms with Gasteiger partial charge in [-0.05, 0) is 19.9 Å². The van der Waals surface area contributed by atoms with Crippen molar-refractivity contribution in [2.75, 3.05) is 0 Å². The third kappa shape index (κ3) is 1.27. The molecule has 4 heteroatoms. The van der Waals surface area contributed by atoms with Crippen LogP contribution in [0.5, 0.6) is 0 Å². The summed E-state index contributed by atoms with van der Waals surface area (Å²) in [5.74, 6) is -0.995. The van der Waals surface area contributed by atoms with Crippen LogP contribution in [0.25, 0.3) is 0 Å². The van der Waals surface area contributed by atoms with E-state index in [-0.39, 0.29) is 5.70 Å². The van der Waals surface area contributed by atoms with E-state index < -0.39 is 11.6 Å². The molecule has 0 aromatic heterocycles. The molecule has 0 unspecified atom stereocenters. The van der Waals surface area contributed by atoms with Crippen LogP contribution in [0.15, 0.2) is 11.8 Å². The predicted molar refractivity (Wildman–Crippen MR) is 34.0 cm³/mol. The number of hydrogen-bond acceptors (Lipinski definition) is 3. The highest BCUT2D eigenvalue weighted by molar-refractivity contribution is 5.86. The molecule has 0 saturated heterocycles. The smallest absolute Gasteiger partial charge is 0.354 e. The van der Waals surface area contributed by atoms with Crippen molar-refractivity contribution in [1.82, 2.24) is 5.48 Å². The number of nitrogens with one attached hydrogen (secondary N) is 1. The van der Waals surface area contributed by atoms with E-state index in [0.29, 0.717) is 0 Å². The molecule has 0 saturated carbocycles. The van der Waals surface area contributed by atoms with Gasteiger partial charge in [0.15, 0.2) is 0 Å². The topological polar surface area (TPSA) is 58.6 Å². The third-order valence-corrected chi connectivity index (χ3v) is 1.15. The maximum absolute atomic E-state index is 10.3. The minimum Gasteiger partial charge on any atom is -0.477 e. The molecule has 1 rings (SSSR count). The van der Waals surface area contributed by atoms with E-state index in [1.165, 1.54) is 6.08 Å². The molecule has 0 amide bonds. The van der Waals surface area contributed by atoms with Crippen LogP contribution in [0.1, 0.15) is 13.8 Å². The molecule has 0 atom stereocenters. The van der Waals surface area contributed by atoms with Gasteiger partial charge in [0.2, 0.25) is 0 Å². The van der Waals surface area contributed by atoms with Gasteiger partial charge in [0, 0.05) is 0 Å². The van der Waals surface area contributed by atoms with E-state index in [1.807, 2.05) is 0 Å². The first-order valence-electron chi connectivity index (χ1n) is 2.91. The average Bonchev–Trinajstić information content (AvgIpc) is 2.10. The summed E-state index contributed by atoms with van der Waals surface area (Å²) in [5, 5.41) is 8.43. The van der Waals surface area contributed by atoms with Gasteiger partial charge in [-0.1, -0.05) is 0 Å². The van der Waals surface area contributed by atoms with Crippen molar-refractivity contribution >= 4 is 5.97 Å². The van der Waals surface area contributed by atoms with Crippen LogP contribution in [0.2, 0.25) is 0 Å². The number of aliphatic carboxylic acids is 1. The van der Waals surface area contributed by atoms with Crippen molar-refractivity contribution in [3.8, 4) is 0 Å². The van der Waals surface area contributed by atoms with Gasteiger partial charge in [-0.25, -0.2) is 4.79 Å². The molecular formula is C6H9NO3. The Balaban J connectivity index is 2.76. The van der Waals surface area contributed by atoms with Crippen LogP contribution in [0.3, 0.4) is 0 Å². The number of hydrogen-bond donors (Lipinski definition) is 2. The average molecular weight is 143 g/mol. The van der Waals surface area contributed by atoms with Crippen molar-refractivity contribution in [3.05, 3.63) is 11.8 Å². The van der Waals surface area contributed by atoms with Crippen LogP contribution in [-0.2, 0) is 9.63 Å². The van der Waals surface area contributed by atoms with Gasteiger partial charge in [-0.15, -0.1) is 0 Å². The Morgan fingerprint density at radius 2 is 2.40 bits per heavy atom. The summed E-state index contributed by atoms with van der Waals surface area (Å²) in [4.78, 5) is 15.2. The molecule has 2 N–H and O–H groups in total. The number of hydroxylamine groups is 1. The van der Waals surface area contributed by atoms with Crippen molar-refractivity contribution in [2.24, 2.45) is 0 Å². The largest absolute Gasteiger partial charge is 0.477 e. The maximum Gasteiger partial charge on any atom is 0.354 e. The lowest BCUT2D eigenvalue weighted by Crippen LogP contribution is -2.21. The molecule has 1 heterocycles. The molecule has 1 aliphatic rings. The fourth-order valence-electron chi connectivity index (χ4n) is 0.698. The monoisotopic (exact) mass is 143 g/mol. The minimum absolute atomic E-state index is 0.102. The molecule has 0 aliphatic carbocycles. The lowest BCUT2D eigenvalue weighted by Gasteiger charge is -2.11. The van der Waals surface area contributed by atoms with Gasteiger partial charge < -0.3 is 5.11 Å². The SMILES string of the molecule is CC1(C)C=C(C(=O)O)NO1. The van der Waals surface area contributed by atoms with Crippen LogP contribution in [-0.4, -0.2) is 16.7 Å². The Bertz CT molecular complexity index is 195. The van der Waals surface area contributed by atoms with Crippen LogP contribution >= 0.6 is 0 Å². The summed E-state index contributed by atoms with van der Waals surface area (Å²) in [7, 11) is 0. The van der Waals surface area contributed by atoms with Gasteiger partial charge in [0.05, 0.1) is 0 Å². The van der Waals surface area contributed by atoms with Crippen molar-refractivity contribution < 1.29 is 14.7 Å². The summed E-state index contributed by atoms with van der Waals surface area (Å²) in [6.45, 7) is 3.55. The van der Waals surface area contributed by atoms with Crippen LogP contribution < -0.4 is 5.48 Å². The number of carboxylic acid groups (broad SMARTS) is 1. The first-order chi connectivity index (χ1) is 4.51. The summed E-state index contributed by atoms with van der Waals surface area (Å²) in [6.07, 6.45) is 1.52. The minimum atomic E-state index is -0.995. The molecule has 0 spiro atoms. The van der Waals surface area contributed by atoms with E-state index in [2.05, 4.69) is 5.48 Å². The Hall–Kier alpha value is -1.03. The number of carbonyl (C=O) groups is 1. The second kappa shape index (κ2) is 1.98. The standard InChI is InChI=1S/C6H9NO3/c1-6(2)3-4(5(8)9)7-10-6/h3,7H,1-2H3,(H,8,9). The normalized spacial score (nSPS) is 21.6. The molecule has 56 valence electrons. The summed E-state index contributed by atoms with van der Waals surface area (Å²) >= 11 is 0. The first kappa shape index (κ1) is 7.08. The van der Waals surface area contributed by atoms with E-state index in [9.17, 15) is 4.79 Å². The number of rotatable bonds is 1. The van der Waals surface area contributed by atoms with Crippen molar-refractivity contribution in [1.29, 1.82) is 0 Å². The second-order valence-corrected chi connectivity index (χ2v) is 2.67. The maximum atomic E-state index is 10.3. The zero-order valence-electron chi connectivity index (χ0n) is 5.84. The fraction of sp³-hybridized carbons (Fsp3) is 0.500. The van der Waals surface area contributed by atoms with E-state index >= 15 is 0 Å². The predicted octanol–water partition coefficient (Wildman–Crippen LogP) is 0.268. The van der Waals surface area contributed by atoms with Gasteiger partial charge in [-0.2, -0.15) is 0 Å². The van der Waals surface area contributed by atoms with E-state index in [1.54, 1.807) is 13.8 Å². The van der Waals surface area contributed by atoms with Crippen LogP contribution in [0.4, 0.5) is 0 Å². The zero-order valence-corrected chi connectivity index (χ0v) is 5.84. The van der Waals surface area contributed by atoms with Gasteiger partial charge in [0.25, 0.3) is 0 Å². The molecule has 0 aromatic carbocycles. The number of carboxylic acids is 1. The lowest BCUT2D eigenvalue weighted by atomic mass is 10.1. The quantitative estimate of drug-likeness (QED) is 0.553. The zero-order chi connectivity index (χ0) is 7.78. The molecule has 0 radical (unpaired) electrons. The Kier molecular flexibility index (Phi) is 1.40. The molecule has 1 aliphatic heterocycles. The molecule has 0 fully saturated rings. The first-order valence-corrected chi connectivity index (χ1v) is 2.91. The summed E-state index contributed by atoms with van der Waals surface area (Å²) in [5.41, 5.74) is 1.90. The Morgan fingerprint density at radius 1 is 1.80 bits per heavy atom. The van der Waals surface area contributed by atoms with Gasteiger partial charge >= 0.3 is 5.97 Å². The summed E-state index contributed by atoms with van der Waals surface area (Å²) < 4.78 is 0. The highest BCUT2D eigenvalue weighted by atomic mass is 16.7. The van der Waals surface area contributed by atoms with E-state index in [4.69, 9.17) is 9.94 Å². The van der Waals surface area contributed by atoms with Crippen molar-refractivity contribution in [3.63, 3.8) is 0 Å². The molecule has 10 heavy (non-hydrogen) atoms. The van der Waals surface area contributed by atoms with Crippen LogP contribution in [0, 0.1) is 0 Å². The lowest BCUT2D eigenvalue weighted by molar-refractivity contribution is -0.134. The third-order valence-electron chi connectivity index (χ3n) is 1.15. The second-order valence-electron chi connectivity index (χ2n) is 2.67. The highest BCUT2D eigenvalue weighted by Crippen LogP contribution is 2.17. The van der Waals surface area contributed by atoms with E-state index in [0.717, 1.165) is 0 Å². The highest BCUT2D eigenvalue weighted by Gasteiger charge is 2.26. The summed E-state index contributed by atoms with van der Waals surface area (Å²) in [6, 6.07) is 0. The molecular weight excluding hydrogens is 134 g/mol.